The van der Waals surface area contributed by atoms with E-state index >= 15 is 0 Å². The summed E-state index contributed by atoms with van der Waals surface area (Å²) in [6.07, 6.45) is 86.3. The van der Waals surface area contributed by atoms with Crippen molar-refractivity contribution in [2.45, 2.75) is 335 Å². The van der Waals surface area contributed by atoms with Gasteiger partial charge in [-0.3, -0.25) is 14.4 Å². The lowest BCUT2D eigenvalue weighted by Gasteiger charge is -2.18. The second-order valence-corrected chi connectivity index (χ2v) is 22.0. The first-order chi connectivity index (χ1) is 38.0. The van der Waals surface area contributed by atoms with Crippen LogP contribution in [0.5, 0.6) is 0 Å². The molecule has 6 nitrogen and oxygen atoms in total. The maximum Gasteiger partial charge on any atom is 0.309 e. The lowest BCUT2D eigenvalue weighted by Crippen LogP contribution is -2.30. The van der Waals surface area contributed by atoms with Crippen LogP contribution in [0.1, 0.15) is 329 Å². The van der Waals surface area contributed by atoms with E-state index in [0.717, 1.165) is 77.0 Å². The number of hydrogen-bond donors (Lipinski definition) is 0. The number of unbranched alkanes of at least 4 members (excludes halogenated alkanes) is 36. The van der Waals surface area contributed by atoms with Gasteiger partial charge in [-0.25, -0.2) is 0 Å². The highest BCUT2D eigenvalue weighted by atomic mass is 16.6. The third kappa shape index (κ3) is 63.3. The minimum absolute atomic E-state index is 0.104. The molecule has 0 aromatic carbocycles. The van der Waals surface area contributed by atoms with Gasteiger partial charge in [0, 0.05) is 12.8 Å². The number of rotatable bonds is 60. The fourth-order valence-electron chi connectivity index (χ4n) is 9.49. The third-order valence-corrected chi connectivity index (χ3v) is 14.4. The molecule has 77 heavy (non-hydrogen) atoms. The van der Waals surface area contributed by atoms with Crippen LogP contribution in [0.4, 0.5) is 0 Å². The van der Waals surface area contributed by atoms with Gasteiger partial charge in [-0.15, -0.1) is 0 Å². The van der Waals surface area contributed by atoms with Crippen molar-refractivity contribution in [2.24, 2.45) is 0 Å². The summed E-state index contributed by atoms with van der Waals surface area (Å²) in [6.45, 7) is 6.47. The molecule has 0 saturated carbocycles. The molecule has 0 bridgehead atoms. The Bertz CT molecular complexity index is 1470. The molecule has 1 atom stereocenters. The summed E-state index contributed by atoms with van der Waals surface area (Å²) >= 11 is 0. The van der Waals surface area contributed by atoms with Crippen LogP contribution < -0.4 is 0 Å². The number of carbonyl (C=O) groups excluding carboxylic acids is 3. The van der Waals surface area contributed by atoms with Gasteiger partial charge in [-0.2, -0.15) is 0 Å². The summed E-state index contributed by atoms with van der Waals surface area (Å²) in [6, 6.07) is 0. The van der Waals surface area contributed by atoms with Crippen LogP contribution in [0.15, 0.2) is 85.1 Å². The quantitative estimate of drug-likeness (QED) is 0.0261. The lowest BCUT2D eigenvalue weighted by molar-refractivity contribution is -0.166. The van der Waals surface area contributed by atoms with Crippen LogP contribution in [-0.2, 0) is 28.6 Å². The van der Waals surface area contributed by atoms with Crippen LogP contribution in [0.2, 0.25) is 0 Å². The number of carbonyl (C=O) groups is 3. The second kappa shape index (κ2) is 65.1. The normalized spacial score (nSPS) is 12.6. The first kappa shape index (κ1) is 73.6. The Kier molecular flexibility index (Phi) is 62.2. The largest absolute Gasteiger partial charge is 0.462 e. The van der Waals surface area contributed by atoms with Gasteiger partial charge in [0.2, 0.25) is 0 Å². The Morgan fingerprint density at radius 2 is 0.558 bits per heavy atom. The van der Waals surface area contributed by atoms with Crippen LogP contribution in [0.3, 0.4) is 0 Å². The van der Waals surface area contributed by atoms with E-state index in [1.165, 1.54) is 212 Å². The molecule has 0 aliphatic carbocycles. The molecule has 0 rings (SSSR count). The monoisotopic (exact) mass is 1070 g/mol. The van der Waals surface area contributed by atoms with Gasteiger partial charge in [0.15, 0.2) is 6.10 Å². The predicted octanol–water partition coefficient (Wildman–Crippen LogP) is 22.7. The molecule has 0 heterocycles. The van der Waals surface area contributed by atoms with Crippen LogP contribution >= 0.6 is 0 Å². The second-order valence-electron chi connectivity index (χ2n) is 22.0. The fraction of sp³-hybridized carbons (Fsp3) is 0.761. The smallest absolute Gasteiger partial charge is 0.309 e. The summed E-state index contributed by atoms with van der Waals surface area (Å²) in [5.41, 5.74) is 0. The predicted molar refractivity (Wildman–Crippen MR) is 334 cm³/mol. The molecule has 0 spiro atoms. The van der Waals surface area contributed by atoms with Crippen molar-refractivity contribution >= 4 is 17.9 Å². The van der Waals surface area contributed by atoms with E-state index < -0.39 is 12.1 Å². The van der Waals surface area contributed by atoms with Gasteiger partial charge < -0.3 is 14.2 Å². The highest BCUT2D eigenvalue weighted by Gasteiger charge is 2.19. The molecular formula is C71H124O6. The van der Waals surface area contributed by atoms with Crippen molar-refractivity contribution in [2.75, 3.05) is 13.2 Å². The maximum absolute atomic E-state index is 12.9. The summed E-state index contributed by atoms with van der Waals surface area (Å²) in [5, 5.41) is 0. The topological polar surface area (TPSA) is 78.9 Å². The Hall–Kier alpha value is -3.41. The van der Waals surface area contributed by atoms with Gasteiger partial charge >= 0.3 is 17.9 Å². The Morgan fingerprint density at radius 3 is 0.909 bits per heavy atom. The van der Waals surface area contributed by atoms with Gasteiger partial charge in [0.25, 0.3) is 0 Å². The molecule has 0 aromatic heterocycles. The molecule has 0 saturated heterocycles. The average Bonchev–Trinajstić information content (AvgIpc) is 3.43. The Morgan fingerprint density at radius 1 is 0.286 bits per heavy atom. The van der Waals surface area contributed by atoms with E-state index in [1.807, 2.05) is 6.08 Å². The zero-order chi connectivity index (χ0) is 55.7. The lowest BCUT2D eigenvalue weighted by atomic mass is 10.0. The minimum atomic E-state index is -0.816. The standard InChI is InChI=1S/C71H124O6/c1-4-7-10-13-16-19-22-25-28-30-32-33-34-35-36-37-39-40-43-46-49-52-55-58-61-64-70(73)76-67-68(66-75-69(72)63-60-57-54-51-48-45-42-27-24-21-18-15-12-9-6-3)77-71(74)65-62-59-56-53-50-47-44-41-38-31-29-26-23-20-17-14-11-8-5-2/h9,12,18,21-22,25,27,30,32,42,48,51,57,60,68H,4-8,10-11,13-17,19-20,23-24,26,28-29,31,33-41,43-47,49-50,52-56,58-59,61-67H2,1-3H3/b12-9-,21-18-,25-22-,32-30-,42-27-,51-48-,60-57-. The molecule has 0 aromatic rings. The average molecular weight is 1070 g/mol. The van der Waals surface area contributed by atoms with E-state index in [2.05, 4.69) is 93.7 Å². The number of allylic oxidation sites excluding steroid dienone is 13. The molecule has 0 N–H and O–H groups in total. The van der Waals surface area contributed by atoms with E-state index in [-0.39, 0.29) is 31.6 Å². The van der Waals surface area contributed by atoms with Gasteiger partial charge in [0.1, 0.15) is 13.2 Å². The molecule has 0 amide bonds. The third-order valence-electron chi connectivity index (χ3n) is 14.4. The van der Waals surface area contributed by atoms with Crippen molar-refractivity contribution in [3.63, 3.8) is 0 Å². The van der Waals surface area contributed by atoms with E-state index in [0.29, 0.717) is 12.8 Å². The highest BCUT2D eigenvalue weighted by Crippen LogP contribution is 2.17. The molecule has 0 aliphatic rings. The Labute approximate surface area is 477 Å². The van der Waals surface area contributed by atoms with Crippen molar-refractivity contribution < 1.29 is 28.6 Å². The van der Waals surface area contributed by atoms with Crippen molar-refractivity contribution in [1.82, 2.24) is 0 Å². The summed E-state index contributed by atoms with van der Waals surface area (Å²) in [7, 11) is 0. The maximum atomic E-state index is 12.9. The van der Waals surface area contributed by atoms with Gasteiger partial charge in [0.05, 0.1) is 6.42 Å². The van der Waals surface area contributed by atoms with Crippen molar-refractivity contribution in [1.29, 1.82) is 0 Å². The van der Waals surface area contributed by atoms with Crippen molar-refractivity contribution in [3.8, 4) is 0 Å². The summed E-state index contributed by atoms with van der Waals surface area (Å²) < 4.78 is 16.8. The summed E-state index contributed by atoms with van der Waals surface area (Å²) in [4.78, 5) is 38.3. The number of hydrogen-bond acceptors (Lipinski definition) is 6. The SMILES string of the molecule is CC/C=C\C/C=C\C/C=C\C/C=C\C/C=C\CC(=O)OCC(COC(=O)CCCCCCCCCCCCCCC/C=C\C/C=C\CCCCCCC)OC(=O)CCCCCCCCCCCCCCCCCCCCC. The molecule has 6 heteroatoms. The van der Waals surface area contributed by atoms with Crippen LogP contribution in [0.25, 0.3) is 0 Å². The van der Waals surface area contributed by atoms with E-state index in [4.69, 9.17) is 14.2 Å². The van der Waals surface area contributed by atoms with Gasteiger partial charge in [-0.05, 0) is 77.0 Å². The molecule has 0 radical (unpaired) electrons. The van der Waals surface area contributed by atoms with Crippen molar-refractivity contribution in [3.05, 3.63) is 85.1 Å². The van der Waals surface area contributed by atoms with E-state index in [1.54, 1.807) is 6.08 Å². The van der Waals surface area contributed by atoms with Crippen LogP contribution in [-0.4, -0.2) is 37.2 Å². The highest BCUT2D eigenvalue weighted by molar-refractivity contribution is 5.72. The first-order valence-electron chi connectivity index (χ1n) is 33.1. The van der Waals surface area contributed by atoms with E-state index in [9.17, 15) is 14.4 Å². The molecule has 1 unspecified atom stereocenters. The molecule has 0 fully saturated rings. The molecule has 0 aliphatic heterocycles. The number of esters is 3. The zero-order valence-electron chi connectivity index (χ0n) is 51.0. The zero-order valence-corrected chi connectivity index (χ0v) is 51.0. The summed E-state index contributed by atoms with van der Waals surface area (Å²) in [5.74, 6) is -1.02. The molecule has 444 valence electrons. The van der Waals surface area contributed by atoms with Crippen LogP contribution in [0, 0.1) is 0 Å². The Balaban J connectivity index is 4.36. The fourth-order valence-corrected chi connectivity index (χ4v) is 9.49. The molecular weight excluding hydrogens is 949 g/mol. The number of ether oxygens (including phenoxy) is 3. The minimum Gasteiger partial charge on any atom is -0.462 e. The first-order valence-corrected chi connectivity index (χ1v) is 33.1. The van der Waals surface area contributed by atoms with Gasteiger partial charge in [-0.1, -0.05) is 318 Å².